The van der Waals surface area contributed by atoms with E-state index in [4.69, 9.17) is 9.47 Å². The fourth-order valence-corrected chi connectivity index (χ4v) is 2.27. The number of hydrogen-bond acceptors (Lipinski definition) is 3. The smallest absolute Gasteiger partial charge is 0.191 e. The van der Waals surface area contributed by atoms with Crippen LogP contribution in [-0.2, 0) is 4.74 Å². The molecular formula is C19H25N3O2. The van der Waals surface area contributed by atoms with Gasteiger partial charge in [0.1, 0.15) is 12.4 Å². The Morgan fingerprint density at radius 3 is 2.29 bits per heavy atom. The fraction of sp³-hybridized carbons (Fsp3) is 0.316. The van der Waals surface area contributed by atoms with Gasteiger partial charge in [-0.3, -0.25) is 4.99 Å². The predicted molar refractivity (Wildman–Crippen MR) is 97.5 cm³/mol. The number of methoxy groups -OCH3 is 1. The molecule has 0 saturated carbocycles. The summed E-state index contributed by atoms with van der Waals surface area (Å²) in [6.45, 7) is 1.87. The minimum atomic E-state index is -0.0229. The third-order valence-corrected chi connectivity index (χ3v) is 3.54. The lowest BCUT2D eigenvalue weighted by molar-refractivity contribution is 0.106. The number of nitrogens with one attached hydrogen (secondary N) is 2. The molecule has 0 bridgehead atoms. The summed E-state index contributed by atoms with van der Waals surface area (Å²) in [6.07, 6.45) is -0.0229. The van der Waals surface area contributed by atoms with Crippen molar-refractivity contribution in [2.24, 2.45) is 4.99 Å². The van der Waals surface area contributed by atoms with Gasteiger partial charge in [0.05, 0.1) is 12.6 Å². The molecule has 0 fully saturated rings. The Morgan fingerprint density at radius 1 is 1.00 bits per heavy atom. The van der Waals surface area contributed by atoms with Crippen LogP contribution in [0.5, 0.6) is 5.75 Å². The first-order valence-electron chi connectivity index (χ1n) is 8.03. The van der Waals surface area contributed by atoms with Crippen molar-refractivity contribution in [1.29, 1.82) is 0 Å². The fourth-order valence-electron chi connectivity index (χ4n) is 2.27. The van der Waals surface area contributed by atoms with Crippen LogP contribution in [0.25, 0.3) is 0 Å². The molecule has 0 spiro atoms. The topological polar surface area (TPSA) is 54.9 Å². The summed E-state index contributed by atoms with van der Waals surface area (Å²) in [6, 6.07) is 19.9. The van der Waals surface area contributed by atoms with Gasteiger partial charge in [-0.05, 0) is 17.7 Å². The highest BCUT2D eigenvalue weighted by molar-refractivity contribution is 5.79. The van der Waals surface area contributed by atoms with E-state index < -0.39 is 0 Å². The predicted octanol–water partition coefficient (Wildman–Crippen LogP) is 2.62. The molecule has 2 aromatic rings. The van der Waals surface area contributed by atoms with E-state index in [-0.39, 0.29) is 6.10 Å². The zero-order chi connectivity index (χ0) is 17.0. The molecule has 0 aliphatic carbocycles. The lowest BCUT2D eigenvalue weighted by atomic mass is 10.1. The quantitative estimate of drug-likeness (QED) is 0.445. The number of benzene rings is 2. The van der Waals surface area contributed by atoms with Gasteiger partial charge < -0.3 is 20.1 Å². The van der Waals surface area contributed by atoms with Crippen molar-refractivity contribution in [3.63, 3.8) is 0 Å². The zero-order valence-electron chi connectivity index (χ0n) is 14.2. The zero-order valence-corrected chi connectivity index (χ0v) is 14.2. The summed E-state index contributed by atoms with van der Waals surface area (Å²) in [5.41, 5.74) is 1.13. The molecule has 0 aliphatic heterocycles. The Morgan fingerprint density at radius 2 is 1.67 bits per heavy atom. The number of nitrogens with zero attached hydrogens (tertiary/aromatic N) is 1. The van der Waals surface area contributed by atoms with E-state index in [0.717, 1.165) is 17.3 Å². The molecule has 0 aliphatic rings. The first kappa shape index (κ1) is 17.8. The summed E-state index contributed by atoms with van der Waals surface area (Å²) in [5, 5.41) is 6.50. The van der Waals surface area contributed by atoms with Gasteiger partial charge in [-0.15, -0.1) is 0 Å². The monoisotopic (exact) mass is 327 g/mol. The maximum atomic E-state index is 5.65. The van der Waals surface area contributed by atoms with Crippen molar-refractivity contribution in [2.45, 2.75) is 6.10 Å². The average molecular weight is 327 g/mol. The highest BCUT2D eigenvalue weighted by Gasteiger charge is 2.10. The second kappa shape index (κ2) is 10.3. The molecular weight excluding hydrogens is 302 g/mol. The van der Waals surface area contributed by atoms with Crippen LogP contribution in [-0.4, -0.2) is 39.8 Å². The SMILES string of the molecule is CN=C(NCCOc1ccccc1)NCC(OC)c1ccccc1. The van der Waals surface area contributed by atoms with E-state index in [1.54, 1.807) is 14.2 Å². The van der Waals surface area contributed by atoms with Crippen LogP contribution in [0.4, 0.5) is 0 Å². The van der Waals surface area contributed by atoms with Crippen LogP contribution in [0, 0.1) is 0 Å². The number of para-hydroxylation sites is 1. The number of hydrogen-bond donors (Lipinski definition) is 2. The Kier molecular flexibility index (Phi) is 7.63. The van der Waals surface area contributed by atoms with Gasteiger partial charge in [0.25, 0.3) is 0 Å². The minimum Gasteiger partial charge on any atom is -0.492 e. The van der Waals surface area contributed by atoms with Gasteiger partial charge in [-0.25, -0.2) is 0 Å². The molecule has 2 rings (SSSR count). The summed E-state index contributed by atoms with van der Waals surface area (Å²) in [5.74, 6) is 1.59. The maximum absolute atomic E-state index is 5.65. The lowest BCUT2D eigenvalue weighted by Gasteiger charge is -2.18. The molecule has 0 saturated heterocycles. The van der Waals surface area contributed by atoms with Crippen molar-refractivity contribution in [1.82, 2.24) is 10.6 Å². The molecule has 1 unspecified atom stereocenters. The molecule has 5 nitrogen and oxygen atoms in total. The summed E-state index contributed by atoms with van der Waals surface area (Å²) < 4.78 is 11.2. The summed E-state index contributed by atoms with van der Waals surface area (Å²) in [4.78, 5) is 4.22. The van der Waals surface area contributed by atoms with E-state index in [1.165, 1.54) is 0 Å². The van der Waals surface area contributed by atoms with Gasteiger partial charge in [-0.2, -0.15) is 0 Å². The third-order valence-electron chi connectivity index (χ3n) is 3.54. The van der Waals surface area contributed by atoms with Gasteiger partial charge in [0.15, 0.2) is 5.96 Å². The minimum absolute atomic E-state index is 0.0229. The van der Waals surface area contributed by atoms with Crippen LogP contribution in [0.2, 0.25) is 0 Å². The van der Waals surface area contributed by atoms with Crippen LogP contribution in [0.1, 0.15) is 11.7 Å². The first-order valence-corrected chi connectivity index (χ1v) is 8.03. The standard InChI is InChI=1S/C19H25N3O2/c1-20-19(21-13-14-24-17-11-7-4-8-12-17)22-15-18(23-2)16-9-5-3-6-10-16/h3-12,18H,13-15H2,1-2H3,(H2,20,21,22). The Labute approximate surface area is 143 Å². The Balaban J connectivity index is 1.72. The van der Waals surface area contributed by atoms with Crippen LogP contribution in [0.15, 0.2) is 65.7 Å². The van der Waals surface area contributed by atoms with Crippen molar-refractivity contribution >= 4 is 5.96 Å². The van der Waals surface area contributed by atoms with Crippen molar-refractivity contribution in [3.8, 4) is 5.75 Å². The molecule has 0 radical (unpaired) electrons. The summed E-state index contributed by atoms with van der Waals surface area (Å²) >= 11 is 0. The largest absolute Gasteiger partial charge is 0.492 e. The maximum Gasteiger partial charge on any atom is 0.191 e. The number of ether oxygens (including phenoxy) is 2. The second-order valence-corrected chi connectivity index (χ2v) is 5.18. The molecule has 24 heavy (non-hydrogen) atoms. The second-order valence-electron chi connectivity index (χ2n) is 5.18. The number of rotatable bonds is 8. The Hall–Kier alpha value is -2.53. The molecule has 2 aromatic carbocycles. The van der Waals surface area contributed by atoms with E-state index >= 15 is 0 Å². The first-order chi connectivity index (χ1) is 11.8. The van der Waals surface area contributed by atoms with Gasteiger partial charge in [0, 0.05) is 20.7 Å². The van der Waals surface area contributed by atoms with Crippen LogP contribution >= 0.6 is 0 Å². The average Bonchev–Trinajstić information content (AvgIpc) is 2.65. The molecule has 0 amide bonds. The van der Waals surface area contributed by atoms with Gasteiger partial charge in [-0.1, -0.05) is 48.5 Å². The van der Waals surface area contributed by atoms with E-state index in [2.05, 4.69) is 27.8 Å². The van der Waals surface area contributed by atoms with Crippen molar-refractivity contribution in [3.05, 3.63) is 66.2 Å². The molecule has 5 heteroatoms. The number of guanidine groups is 1. The normalized spacial score (nSPS) is 12.5. The van der Waals surface area contributed by atoms with E-state index in [9.17, 15) is 0 Å². The third kappa shape index (κ3) is 5.93. The molecule has 1 atom stereocenters. The summed E-state index contributed by atoms with van der Waals surface area (Å²) in [7, 11) is 3.46. The van der Waals surface area contributed by atoms with Crippen molar-refractivity contribution in [2.75, 3.05) is 33.9 Å². The lowest BCUT2D eigenvalue weighted by Crippen LogP contribution is -2.41. The van der Waals surface area contributed by atoms with E-state index in [1.807, 2.05) is 48.5 Å². The van der Waals surface area contributed by atoms with Gasteiger partial charge in [0.2, 0.25) is 0 Å². The molecule has 0 aromatic heterocycles. The van der Waals surface area contributed by atoms with E-state index in [0.29, 0.717) is 19.7 Å². The molecule has 2 N–H and O–H groups in total. The highest BCUT2D eigenvalue weighted by atomic mass is 16.5. The van der Waals surface area contributed by atoms with Crippen molar-refractivity contribution < 1.29 is 9.47 Å². The van der Waals surface area contributed by atoms with Crippen LogP contribution < -0.4 is 15.4 Å². The van der Waals surface area contributed by atoms with Gasteiger partial charge >= 0.3 is 0 Å². The molecule has 128 valence electrons. The number of aliphatic imine (C=N–C) groups is 1. The molecule has 0 heterocycles. The Bertz CT molecular complexity index is 603. The highest BCUT2D eigenvalue weighted by Crippen LogP contribution is 2.14. The van der Waals surface area contributed by atoms with Crippen LogP contribution in [0.3, 0.4) is 0 Å².